The van der Waals surface area contributed by atoms with E-state index in [1.165, 1.54) is 0 Å². The zero-order valence-electron chi connectivity index (χ0n) is 12.3. The van der Waals surface area contributed by atoms with E-state index in [2.05, 4.69) is 5.32 Å². The molecule has 0 aromatic heterocycles. The maximum atomic E-state index is 12.5. The SMILES string of the molecule is CC(C)N(CCCC(=O)O)C(=O)N1CCNC(=O)C1C. The van der Waals surface area contributed by atoms with E-state index in [4.69, 9.17) is 5.11 Å². The minimum absolute atomic E-state index is 0.0338. The standard InChI is InChI=1S/C13H23N3O4/c1-9(2)15(7-4-5-11(17)18)13(20)16-8-6-14-12(19)10(16)3/h9-10H,4-8H2,1-3H3,(H,14,19)(H,17,18). The number of nitrogens with one attached hydrogen (secondary N) is 1. The van der Waals surface area contributed by atoms with Crippen LogP contribution in [0.25, 0.3) is 0 Å². The molecular formula is C13H23N3O4. The molecule has 0 spiro atoms. The second-order valence-corrected chi connectivity index (χ2v) is 5.23. The quantitative estimate of drug-likeness (QED) is 0.769. The fraction of sp³-hybridized carbons (Fsp3) is 0.769. The summed E-state index contributed by atoms with van der Waals surface area (Å²) in [6.07, 6.45) is 0.445. The average Bonchev–Trinajstić information content (AvgIpc) is 2.36. The number of carbonyl (C=O) groups is 3. The molecule has 1 atom stereocenters. The number of urea groups is 1. The van der Waals surface area contributed by atoms with Gasteiger partial charge >= 0.3 is 12.0 Å². The molecule has 1 saturated heterocycles. The minimum Gasteiger partial charge on any atom is -0.481 e. The van der Waals surface area contributed by atoms with Crippen LogP contribution >= 0.6 is 0 Å². The largest absolute Gasteiger partial charge is 0.481 e. The van der Waals surface area contributed by atoms with Crippen molar-refractivity contribution < 1.29 is 19.5 Å². The predicted octanol–water partition coefficient (Wildman–Crippen LogP) is 0.502. The third kappa shape index (κ3) is 4.11. The molecule has 0 bridgehead atoms. The molecule has 1 rings (SSSR count). The zero-order chi connectivity index (χ0) is 15.3. The number of carboxylic acid groups (broad SMARTS) is 1. The lowest BCUT2D eigenvalue weighted by Crippen LogP contribution is -2.59. The Kier molecular flexibility index (Phi) is 5.79. The number of hydrogen-bond acceptors (Lipinski definition) is 3. The molecule has 1 aliphatic rings. The number of carbonyl (C=O) groups excluding carboxylic acids is 2. The summed E-state index contributed by atoms with van der Waals surface area (Å²) in [5, 5.41) is 11.4. The Hall–Kier alpha value is -1.79. The molecule has 0 aromatic rings. The van der Waals surface area contributed by atoms with Gasteiger partial charge in [-0.3, -0.25) is 9.59 Å². The van der Waals surface area contributed by atoms with Crippen LogP contribution < -0.4 is 5.32 Å². The molecule has 1 heterocycles. The Morgan fingerprint density at radius 3 is 2.70 bits per heavy atom. The molecule has 2 N–H and O–H groups in total. The van der Waals surface area contributed by atoms with Crippen molar-refractivity contribution in [2.24, 2.45) is 0 Å². The lowest BCUT2D eigenvalue weighted by Gasteiger charge is -2.38. The summed E-state index contributed by atoms with van der Waals surface area (Å²) >= 11 is 0. The van der Waals surface area contributed by atoms with Crippen LogP contribution in [-0.2, 0) is 9.59 Å². The summed E-state index contributed by atoms with van der Waals surface area (Å²) in [7, 11) is 0. The Morgan fingerprint density at radius 1 is 1.50 bits per heavy atom. The van der Waals surface area contributed by atoms with E-state index in [9.17, 15) is 14.4 Å². The van der Waals surface area contributed by atoms with E-state index >= 15 is 0 Å². The smallest absolute Gasteiger partial charge is 0.320 e. The minimum atomic E-state index is -0.869. The Bertz CT molecular complexity index is 384. The van der Waals surface area contributed by atoms with Crippen molar-refractivity contribution in [3.8, 4) is 0 Å². The maximum Gasteiger partial charge on any atom is 0.320 e. The molecule has 114 valence electrons. The van der Waals surface area contributed by atoms with Crippen molar-refractivity contribution in [1.82, 2.24) is 15.1 Å². The van der Waals surface area contributed by atoms with Crippen LogP contribution in [0.4, 0.5) is 4.79 Å². The number of piperazine rings is 1. The zero-order valence-corrected chi connectivity index (χ0v) is 12.3. The van der Waals surface area contributed by atoms with Gasteiger partial charge in [-0.1, -0.05) is 0 Å². The van der Waals surface area contributed by atoms with Gasteiger partial charge in [0.15, 0.2) is 0 Å². The van der Waals surface area contributed by atoms with Gasteiger partial charge in [0.25, 0.3) is 0 Å². The summed E-state index contributed by atoms with van der Waals surface area (Å²) in [5.74, 6) is -1.02. The first kappa shape index (κ1) is 16.3. The fourth-order valence-electron chi connectivity index (χ4n) is 2.18. The van der Waals surface area contributed by atoms with Crippen LogP contribution in [0.2, 0.25) is 0 Å². The van der Waals surface area contributed by atoms with Gasteiger partial charge in [0, 0.05) is 32.1 Å². The summed E-state index contributed by atoms with van der Waals surface area (Å²) in [6.45, 7) is 6.78. The van der Waals surface area contributed by atoms with Crippen LogP contribution in [0, 0.1) is 0 Å². The lowest BCUT2D eigenvalue weighted by molar-refractivity contribution is -0.137. The first-order valence-electron chi connectivity index (χ1n) is 6.91. The van der Waals surface area contributed by atoms with Crippen molar-refractivity contribution in [3.63, 3.8) is 0 Å². The van der Waals surface area contributed by atoms with E-state index in [1.54, 1.807) is 16.7 Å². The number of nitrogens with zero attached hydrogens (tertiary/aromatic N) is 2. The van der Waals surface area contributed by atoms with E-state index in [1.807, 2.05) is 13.8 Å². The average molecular weight is 285 g/mol. The van der Waals surface area contributed by atoms with E-state index in [-0.39, 0.29) is 24.4 Å². The van der Waals surface area contributed by atoms with Gasteiger partial charge in [0.05, 0.1) is 0 Å². The predicted molar refractivity (Wildman–Crippen MR) is 73.3 cm³/mol. The van der Waals surface area contributed by atoms with E-state index < -0.39 is 12.0 Å². The highest BCUT2D eigenvalue weighted by Gasteiger charge is 2.32. The lowest BCUT2D eigenvalue weighted by atomic mass is 10.2. The molecule has 1 aliphatic heterocycles. The van der Waals surface area contributed by atoms with Gasteiger partial charge in [-0.2, -0.15) is 0 Å². The highest BCUT2D eigenvalue weighted by atomic mass is 16.4. The third-order valence-electron chi connectivity index (χ3n) is 3.40. The van der Waals surface area contributed by atoms with Gasteiger partial charge in [-0.25, -0.2) is 4.79 Å². The van der Waals surface area contributed by atoms with Crippen LogP contribution in [0.5, 0.6) is 0 Å². The van der Waals surface area contributed by atoms with Crippen molar-refractivity contribution in [2.75, 3.05) is 19.6 Å². The summed E-state index contributed by atoms with van der Waals surface area (Å²) in [5.41, 5.74) is 0. The van der Waals surface area contributed by atoms with Gasteiger partial charge in [-0.15, -0.1) is 0 Å². The van der Waals surface area contributed by atoms with Gasteiger partial charge in [0.2, 0.25) is 5.91 Å². The van der Waals surface area contributed by atoms with E-state index in [0.29, 0.717) is 26.1 Å². The Morgan fingerprint density at radius 2 is 2.15 bits per heavy atom. The molecule has 0 radical (unpaired) electrons. The van der Waals surface area contributed by atoms with Crippen molar-refractivity contribution in [3.05, 3.63) is 0 Å². The number of carboxylic acids is 1. The second kappa shape index (κ2) is 7.12. The molecule has 7 nitrogen and oxygen atoms in total. The molecule has 7 heteroatoms. The van der Waals surface area contributed by atoms with Crippen LogP contribution in [0.15, 0.2) is 0 Å². The monoisotopic (exact) mass is 285 g/mol. The molecular weight excluding hydrogens is 262 g/mol. The topological polar surface area (TPSA) is 90.0 Å². The highest BCUT2D eigenvalue weighted by Crippen LogP contribution is 2.12. The molecule has 1 fully saturated rings. The van der Waals surface area contributed by atoms with Crippen molar-refractivity contribution >= 4 is 17.9 Å². The van der Waals surface area contributed by atoms with Gasteiger partial charge < -0.3 is 20.2 Å². The molecule has 3 amide bonds. The number of amides is 3. The van der Waals surface area contributed by atoms with E-state index in [0.717, 1.165) is 0 Å². The summed E-state index contributed by atoms with van der Waals surface area (Å²) in [4.78, 5) is 37.8. The van der Waals surface area contributed by atoms with Gasteiger partial charge in [-0.05, 0) is 27.2 Å². The normalized spacial score (nSPS) is 18.9. The molecule has 0 aliphatic carbocycles. The van der Waals surface area contributed by atoms with Crippen molar-refractivity contribution in [1.29, 1.82) is 0 Å². The van der Waals surface area contributed by atoms with Gasteiger partial charge in [0.1, 0.15) is 6.04 Å². The molecule has 20 heavy (non-hydrogen) atoms. The maximum absolute atomic E-state index is 12.5. The van der Waals surface area contributed by atoms with Crippen molar-refractivity contribution in [2.45, 2.75) is 45.7 Å². The Balaban J connectivity index is 2.67. The molecule has 0 aromatic carbocycles. The number of rotatable bonds is 5. The fourth-order valence-corrected chi connectivity index (χ4v) is 2.18. The number of hydrogen-bond donors (Lipinski definition) is 2. The third-order valence-corrected chi connectivity index (χ3v) is 3.40. The summed E-state index contributed by atoms with van der Waals surface area (Å²) < 4.78 is 0. The van der Waals surface area contributed by atoms with Crippen LogP contribution in [0.1, 0.15) is 33.6 Å². The highest BCUT2D eigenvalue weighted by molar-refractivity contribution is 5.88. The van der Waals surface area contributed by atoms with Crippen LogP contribution in [-0.4, -0.2) is 64.5 Å². The molecule has 0 saturated carbocycles. The Labute approximate surface area is 118 Å². The summed E-state index contributed by atoms with van der Waals surface area (Å²) in [6, 6.07) is -0.724. The number of aliphatic carboxylic acids is 1. The second-order valence-electron chi connectivity index (χ2n) is 5.23. The first-order chi connectivity index (χ1) is 9.34. The van der Waals surface area contributed by atoms with Crippen LogP contribution in [0.3, 0.4) is 0 Å². The molecule has 1 unspecified atom stereocenters. The first-order valence-corrected chi connectivity index (χ1v) is 6.91.